The Morgan fingerprint density at radius 3 is 2.33 bits per heavy atom. The Morgan fingerprint density at radius 1 is 1.10 bits per heavy atom. The second-order valence-corrected chi connectivity index (χ2v) is 6.43. The Kier molecular flexibility index (Phi) is 5.45. The highest BCUT2D eigenvalue weighted by Gasteiger charge is 2.31. The summed E-state index contributed by atoms with van der Waals surface area (Å²) in [5.41, 5.74) is 0. The molecule has 0 aromatic rings. The van der Waals surface area contributed by atoms with Gasteiger partial charge in [-0.05, 0) is 32.6 Å². The lowest BCUT2D eigenvalue weighted by molar-refractivity contribution is -0.137. The van der Waals surface area contributed by atoms with E-state index in [1.54, 1.807) is 0 Å². The first-order valence-electron chi connectivity index (χ1n) is 7.97. The molecule has 120 valence electrons. The lowest BCUT2D eigenvalue weighted by atomic mass is 10.0. The molecule has 2 rings (SSSR count). The van der Waals surface area contributed by atoms with E-state index in [9.17, 15) is 9.59 Å². The van der Waals surface area contributed by atoms with E-state index in [0.717, 1.165) is 45.7 Å². The van der Waals surface area contributed by atoms with Crippen molar-refractivity contribution in [1.29, 1.82) is 0 Å². The fraction of sp³-hybridized carbons (Fsp3) is 0.867. The van der Waals surface area contributed by atoms with Gasteiger partial charge in [-0.1, -0.05) is 0 Å². The van der Waals surface area contributed by atoms with Crippen LogP contribution in [0.25, 0.3) is 0 Å². The third kappa shape index (κ3) is 4.33. The van der Waals surface area contributed by atoms with E-state index in [1.165, 1.54) is 0 Å². The highest BCUT2D eigenvalue weighted by Crippen LogP contribution is 2.22. The quantitative estimate of drug-likeness (QED) is 0.850. The molecule has 0 saturated carbocycles. The van der Waals surface area contributed by atoms with Gasteiger partial charge in [-0.25, -0.2) is 4.79 Å². The number of urea groups is 1. The predicted octanol–water partition coefficient (Wildman–Crippen LogP) is 1.32. The maximum absolute atomic E-state index is 12.5. The van der Waals surface area contributed by atoms with Gasteiger partial charge in [0, 0.05) is 51.7 Å². The van der Waals surface area contributed by atoms with Crippen molar-refractivity contribution in [2.24, 2.45) is 5.92 Å². The van der Waals surface area contributed by atoms with Crippen LogP contribution in [0, 0.1) is 5.92 Å². The summed E-state index contributed by atoms with van der Waals surface area (Å²) in [4.78, 5) is 29.3. The molecule has 1 N–H and O–H groups in total. The largest absolute Gasteiger partial charge is 0.481 e. The van der Waals surface area contributed by atoms with Crippen molar-refractivity contribution >= 4 is 12.0 Å². The molecule has 2 amide bonds. The first kappa shape index (κ1) is 16.1. The molecule has 0 aromatic heterocycles. The van der Waals surface area contributed by atoms with Crippen molar-refractivity contribution in [3.05, 3.63) is 0 Å². The number of carbonyl (C=O) groups is 2. The maximum Gasteiger partial charge on any atom is 0.320 e. The highest BCUT2D eigenvalue weighted by atomic mass is 16.4. The fourth-order valence-corrected chi connectivity index (χ4v) is 3.20. The van der Waals surface area contributed by atoms with E-state index in [-0.39, 0.29) is 12.5 Å². The van der Waals surface area contributed by atoms with Crippen molar-refractivity contribution < 1.29 is 14.7 Å². The summed E-state index contributed by atoms with van der Waals surface area (Å²) in [7, 11) is 0. The first-order valence-corrected chi connectivity index (χ1v) is 7.97. The van der Waals surface area contributed by atoms with Gasteiger partial charge >= 0.3 is 12.0 Å². The van der Waals surface area contributed by atoms with Crippen LogP contribution in [-0.4, -0.2) is 77.1 Å². The van der Waals surface area contributed by atoms with Gasteiger partial charge in [-0.15, -0.1) is 0 Å². The molecule has 6 heteroatoms. The van der Waals surface area contributed by atoms with Crippen LogP contribution in [0.1, 0.15) is 33.1 Å². The highest BCUT2D eigenvalue weighted by molar-refractivity contribution is 5.75. The van der Waals surface area contributed by atoms with Crippen LogP contribution in [0.4, 0.5) is 4.79 Å². The molecule has 2 heterocycles. The number of amides is 2. The van der Waals surface area contributed by atoms with Crippen LogP contribution in [-0.2, 0) is 4.79 Å². The molecule has 0 aliphatic carbocycles. The van der Waals surface area contributed by atoms with E-state index in [1.807, 2.05) is 9.80 Å². The minimum absolute atomic E-state index is 0.135. The number of carboxylic acids is 1. The number of rotatable bonds is 4. The summed E-state index contributed by atoms with van der Waals surface area (Å²) >= 11 is 0. The number of carbonyl (C=O) groups excluding carboxylic acids is 1. The van der Waals surface area contributed by atoms with Gasteiger partial charge in [-0.2, -0.15) is 0 Å². The van der Waals surface area contributed by atoms with Crippen molar-refractivity contribution in [3.63, 3.8) is 0 Å². The Bertz CT molecular complexity index is 378. The van der Waals surface area contributed by atoms with Crippen LogP contribution < -0.4 is 0 Å². The molecule has 1 unspecified atom stereocenters. The van der Waals surface area contributed by atoms with Gasteiger partial charge in [0.15, 0.2) is 0 Å². The van der Waals surface area contributed by atoms with Crippen molar-refractivity contribution in [2.45, 2.75) is 39.2 Å². The third-order valence-electron chi connectivity index (χ3n) is 4.64. The van der Waals surface area contributed by atoms with Crippen molar-refractivity contribution in [2.75, 3.05) is 39.3 Å². The monoisotopic (exact) mass is 297 g/mol. The number of carboxylic acid groups (broad SMARTS) is 1. The molecular formula is C15H27N3O3. The van der Waals surface area contributed by atoms with Crippen LogP contribution in [0.3, 0.4) is 0 Å². The molecule has 2 saturated heterocycles. The topological polar surface area (TPSA) is 64.1 Å². The van der Waals surface area contributed by atoms with Crippen molar-refractivity contribution in [3.8, 4) is 0 Å². The minimum Gasteiger partial charge on any atom is -0.481 e. The standard InChI is InChI=1S/C15H27N3O3/c1-12(2)16-7-9-17(10-8-16)15(21)18-6-5-13(11-18)3-4-14(19)20/h12-13H,3-11H2,1-2H3,(H,19,20). The Labute approximate surface area is 126 Å². The average Bonchev–Trinajstić information content (AvgIpc) is 2.93. The molecule has 1 atom stereocenters. The van der Waals surface area contributed by atoms with Gasteiger partial charge in [0.25, 0.3) is 0 Å². The molecule has 2 fully saturated rings. The first-order chi connectivity index (χ1) is 9.97. The van der Waals surface area contributed by atoms with Gasteiger partial charge in [-0.3, -0.25) is 9.69 Å². The van der Waals surface area contributed by atoms with E-state index in [2.05, 4.69) is 18.7 Å². The number of likely N-dealkylation sites (tertiary alicyclic amines) is 1. The predicted molar refractivity (Wildman–Crippen MR) is 80.2 cm³/mol. The van der Waals surface area contributed by atoms with Gasteiger partial charge in [0.2, 0.25) is 0 Å². The summed E-state index contributed by atoms with van der Waals surface area (Å²) in [6.07, 6.45) is 1.82. The Morgan fingerprint density at radius 2 is 1.76 bits per heavy atom. The van der Waals surface area contributed by atoms with Gasteiger partial charge in [0.05, 0.1) is 0 Å². The number of aliphatic carboxylic acids is 1. The molecule has 0 radical (unpaired) electrons. The number of hydrogen-bond donors (Lipinski definition) is 1. The average molecular weight is 297 g/mol. The third-order valence-corrected chi connectivity index (χ3v) is 4.64. The Balaban J connectivity index is 1.76. The van der Waals surface area contributed by atoms with E-state index >= 15 is 0 Å². The number of hydrogen-bond acceptors (Lipinski definition) is 3. The zero-order valence-electron chi connectivity index (χ0n) is 13.1. The second kappa shape index (κ2) is 7.11. The van der Waals surface area contributed by atoms with Crippen LogP contribution in [0.5, 0.6) is 0 Å². The van der Waals surface area contributed by atoms with Gasteiger partial charge < -0.3 is 14.9 Å². The molecule has 0 bridgehead atoms. The van der Waals surface area contributed by atoms with Crippen LogP contribution in [0.15, 0.2) is 0 Å². The normalized spacial score (nSPS) is 23.9. The minimum atomic E-state index is -0.746. The van der Waals surface area contributed by atoms with Crippen LogP contribution in [0.2, 0.25) is 0 Å². The SMILES string of the molecule is CC(C)N1CCN(C(=O)N2CCC(CCC(=O)O)C2)CC1. The molecule has 2 aliphatic rings. The zero-order valence-corrected chi connectivity index (χ0v) is 13.1. The molecule has 6 nitrogen and oxygen atoms in total. The second-order valence-electron chi connectivity index (χ2n) is 6.43. The number of piperazine rings is 1. The molecular weight excluding hydrogens is 270 g/mol. The van der Waals surface area contributed by atoms with E-state index in [4.69, 9.17) is 5.11 Å². The fourth-order valence-electron chi connectivity index (χ4n) is 3.20. The van der Waals surface area contributed by atoms with Gasteiger partial charge in [0.1, 0.15) is 0 Å². The molecule has 0 aromatic carbocycles. The summed E-state index contributed by atoms with van der Waals surface area (Å²) in [6.45, 7) is 9.35. The summed E-state index contributed by atoms with van der Waals surface area (Å²) in [6, 6.07) is 0.672. The van der Waals surface area contributed by atoms with E-state index in [0.29, 0.717) is 18.4 Å². The van der Waals surface area contributed by atoms with Crippen LogP contribution >= 0.6 is 0 Å². The summed E-state index contributed by atoms with van der Waals surface area (Å²) in [5, 5.41) is 8.73. The molecule has 0 spiro atoms. The molecule has 21 heavy (non-hydrogen) atoms. The summed E-state index contributed by atoms with van der Waals surface area (Å²) < 4.78 is 0. The summed E-state index contributed by atoms with van der Waals surface area (Å²) in [5.74, 6) is -0.397. The van der Waals surface area contributed by atoms with E-state index < -0.39 is 5.97 Å². The maximum atomic E-state index is 12.5. The lowest BCUT2D eigenvalue weighted by Crippen LogP contribution is -2.53. The molecule has 2 aliphatic heterocycles. The van der Waals surface area contributed by atoms with Crippen molar-refractivity contribution in [1.82, 2.24) is 14.7 Å². The zero-order chi connectivity index (χ0) is 15.4. The smallest absolute Gasteiger partial charge is 0.320 e. The Hall–Kier alpha value is -1.30. The number of nitrogens with zero attached hydrogens (tertiary/aromatic N) is 3. The lowest BCUT2D eigenvalue weighted by Gasteiger charge is -2.38.